The summed E-state index contributed by atoms with van der Waals surface area (Å²) in [5.74, 6) is 0.328. The van der Waals surface area contributed by atoms with E-state index in [-0.39, 0.29) is 12.1 Å². The van der Waals surface area contributed by atoms with Crippen LogP contribution in [0, 0.1) is 5.92 Å². The Morgan fingerprint density at radius 2 is 2.00 bits per heavy atom. The minimum atomic E-state index is -0.162. The largest absolute Gasteiger partial charge is 0.462 e. The van der Waals surface area contributed by atoms with E-state index in [2.05, 4.69) is 20.8 Å². The molecule has 0 spiro atoms. The summed E-state index contributed by atoms with van der Waals surface area (Å²) in [7, 11) is 0. The van der Waals surface area contributed by atoms with Crippen molar-refractivity contribution in [3.05, 3.63) is 0 Å². The molecule has 0 saturated carbocycles. The topological polar surface area (TPSA) is 26.3 Å². The fourth-order valence-electron chi connectivity index (χ4n) is 1.46. The van der Waals surface area contributed by atoms with Crippen molar-refractivity contribution in [1.29, 1.82) is 0 Å². The van der Waals surface area contributed by atoms with E-state index < -0.39 is 0 Å². The molecule has 0 fully saturated rings. The quantitative estimate of drug-likeness (QED) is 0.596. The van der Waals surface area contributed by atoms with Gasteiger partial charge in [-0.15, -0.1) is 0 Å². The standard InChI is InChI=1S/C10H20O2/c1-5-7-8(3)10(6-2)12-9(4)11/h8,10H,5-7H2,1-4H3/t8-,10-/m0/s1. The molecule has 0 saturated heterocycles. The van der Waals surface area contributed by atoms with Gasteiger partial charge in [-0.05, 0) is 18.8 Å². The summed E-state index contributed by atoms with van der Waals surface area (Å²) >= 11 is 0. The molecule has 0 aromatic rings. The van der Waals surface area contributed by atoms with Crippen LogP contribution in [0.4, 0.5) is 0 Å². The van der Waals surface area contributed by atoms with Gasteiger partial charge in [0.2, 0.25) is 0 Å². The van der Waals surface area contributed by atoms with E-state index in [0.717, 1.165) is 19.3 Å². The van der Waals surface area contributed by atoms with Crippen LogP contribution >= 0.6 is 0 Å². The molecule has 0 aliphatic carbocycles. The minimum absolute atomic E-state index is 0.113. The first kappa shape index (κ1) is 11.5. The van der Waals surface area contributed by atoms with Gasteiger partial charge in [-0.25, -0.2) is 0 Å². The molecule has 12 heavy (non-hydrogen) atoms. The third-order valence-corrected chi connectivity index (χ3v) is 2.10. The Balaban J connectivity index is 3.86. The van der Waals surface area contributed by atoms with Gasteiger partial charge < -0.3 is 4.74 Å². The number of rotatable bonds is 5. The van der Waals surface area contributed by atoms with Crippen LogP contribution in [0.25, 0.3) is 0 Å². The van der Waals surface area contributed by atoms with E-state index in [1.807, 2.05) is 0 Å². The normalized spacial score (nSPS) is 15.3. The predicted molar refractivity (Wildman–Crippen MR) is 49.9 cm³/mol. The monoisotopic (exact) mass is 172 g/mol. The van der Waals surface area contributed by atoms with Crippen molar-refractivity contribution in [2.45, 2.75) is 53.1 Å². The van der Waals surface area contributed by atoms with E-state index in [1.54, 1.807) is 0 Å². The number of hydrogen-bond donors (Lipinski definition) is 0. The second-order valence-corrected chi connectivity index (χ2v) is 3.32. The van der Waals surface area contributed by atoms with Gasteiger partial charge >= 0.3 is 5.97 Å². The van der Waals surface area contributed by atoms with Gasteiger partial charge in [-0.3, -0.25) is 4.79 Å². The molecular formula is C10H20O2. The Morgan fingerprint density at radius 3 is 2.33 bits per heavy atom. The Labute approximate surface area is 75.3 Å². The Hall–Kier alpha value is -0.530. The molecule has 0 aromatic carbocycles. The summed E-state index contributed by atoms with van der Waals surface area (Å²) in [6.07, 6.45) is 3.31. The zero-order chi connectivity index (χ0) is 9.56. The maximum Gasteiger partial charge on any atom is 0.302 e. The number of ether oxygens (including phenoxy) is 1. The van der Waals surface area contributed by atoms with E-state index in [0.29, 0.717) is 5.92 Å². The van der Waals surface area contributed by atoms with E-state index in [4.69, 9.17) is 4.74 Å². The van der Waals surface area contributed by atoms with Crippen molar-refractivity contribution in [2.24, 2.45) is 5.92 Å². The summed E-state index contributed by atoms with van der Waals surface area (Å²) in [6.45, 7) is 7.82. The first-order chi connectivity index (χ1) is 5.61. The van der Waals surface area contributed by atoms with Crippen LogP contribution in [0.3, 0.4) is 0 Å². The lowest BCUT2D eigenvalue weighted by atomic mass is 9.97. The molecule has 0 aliphatic rings. The highest BCUT2D eigenvalue weighted by Crippen LogP contribution is 2.16. The van der Waals surface area contributed by atoms with E-state index >= 15 is 0 Å². The third kappa shape index (κ3) is 4.37. The molecular weight excluding hydrogens is 152 g/mol. The zero-order valence-corrected chi connectivity index (χ0v) is 8.59. The molecule has 0 aliphatic heterocycles. The van der Waals surface area contributed by atoms with Gasteiger partial charge in [-0.1, -0.05) is 27.2 Å². The number of esters is 1. The molecule has 0 unspecified atom stereocenters. The van der Waals surface area contributed by atoms with Crippen LogP contribution in [0.1, 0.15) is 47.0 Å². The molecule has 0 rings (SSSR count). The van der Waals surface area contributed by atoms with Gasteiger partial charge in [-0.2, -0.15) is 0 Å². The van der Waals surface area contributed by atoms with Gasteiger partial charge in [0.05, 0.1) is 0 Å². The lowest BCUT2D eigenvalue weighted by Crippen LogP contribution is -2.23. The lowest BCUT2D eigenvalue weighted by molar-refractivity contribution is -0.149. The summed E-state index contributed by atoms with van der Waals surface area (Å²) in [6, 6.07) is 0. The van der Waals surface area contributed by atoms with Crippen LogP contribution in [0.2, 0.25) is 0 Å². The van der Waals surface area contributed by atoms with Gasteiger partial charge in [0.1, 0.15) is 6.10 Å². The molecule has 0 N–H and O–H groups in total. The predicted octanol–water partition coefficient (Wildman–Crippen LogP) is 2.76. The van der Waals surface area contributed by atoms with Gasteiger partial charge in [0.25, 0.3) is 0 Å². The first-order valence-corrected chi connectivity index (χ1v) is 4.79. The smallest absolute Gasteiger partial charge is 0.302 e. The number of carbonyl (C=O) groups is 1. The van der Waals surface area contributed by atoms with E-state index in [1.165, 1.54) is 6.92 Å². The van der Waals surface area contributed by atoms with Crippen LogP contribution in [0.5, 0.6) is 0 Å². The fourth-order valence-corrected chi connectivity index (χ4v) is 1.46. The van der Waals surface area contributed by atoms with Crippen LogP contribution in [-0.2, 0) is 9.53 Å². The molecule has 2 atom stereocenters. The van der Waals surface area contributed by atoms with Gasteiger partial charge in [0, 0.05) is 6.92 Å². The van der Waals surface area contributed by atoms with Crippen molar-refractivity contribution in [1.82, 2.24) is 0 Å². The lowest BCUT2D eigenvalue weighted by Gasteiger charge is -2.21. The van der Waals surface area contributed by atoms with Crippen molar-refractivity contribution in [3.8, 4) is 0 Å². The zero-order valence-electron chi connectivity index (χ0n) is 8.59. The molecule has 0 radical (unpaired) electrons. The van der Waals surface area contributed by atoms with Crippen molar-refractivity contribution >= 4 is 5.97 Å². The Morgan fingerprint density at radius 1 is 1.42 bits per heavy atom. The Bertz CT molecular complexity index is 132. The highest BCUT2D eigenvalue weighted by molar-refractivity contribution is 5.66. The molecule has 2 heteroatoms. The van der Waals surface area contributed by atoms with Crippen LogP contribution in [-0.4, -0.2) is 12.1 Å². The Kier molecular flexibility index (Phi) is 5.77. The number of carbonyl (C=O) groups excluding carboxylic acids is 1. The molecule has 0 amide bonds. The maximum atomic E-state index is 10.7. The highest BCUT2D eigenvalue weighted by atomic mass is 16.5. The number of hydrogen-bond acceptors (Lipinski definition) is 2. The maximum absolute atomic E-state index is 10.7. The molecule has 0 aromatic heterocycles. The summed E-state index contributed by atoms with van der Waals surface area (Å²) in [4.78, 5) is 10.7. The SMILES string of the molecule is CCC[C@H](C)[C@H](CC)OC(C)=O. The average molecular weight is 172 g/mol. The average Bonchev–Trinajstić information content (AvgIpc) is 2.00. The van der Waals surface area contributed by atoms with Gasteiger partial charge in [0.15, 0.2) is 0 Å². The van der Waals surface area contributed by atoms with Crippen LogP contribution in [0.15, 0.2) is 0 Å². The molecule has 2 nitrogen and oxygen atoms in total. The van der Waals surface area contributed by atoms with Crippen LogP contribution < -0.4 is 0 Å². The molecule has 0 bridgehead atoms. The molecule has 0 heterocycles. The molecule has 72 valence electrons. The minimum Gasteiger partial charge on any atom is -0.462 e. The summed E-state index contributed by atoms with van der Waals surface area (Å²) in [5, 5.41) is 0. The summed E-state index contributed by atoms with van der Waals surface area (Å²) < 4.78 is 5.17. The van der Waals surface area contributed by atoms with Crippen molar-refractivity contribution < 1.29 is 9.53 Å². The van der Waals surface area contributed by atoms with Crippen molar-refractivity contribution in [3.63, 3.8) is 0 Å². The highest BCUT2D eigenvalue weighted by Gasteiger charge is 2.16. The second-order valence-electron chi connectivity index (χ2n) is 3.32. The van der Waals surface area contributed by atoms with E-state index in [9.17, 15) is 4.79 Å². The first-order valence-electron chi connectivity index (χ1n) is 4.79. The fraction of sp³-hybridized carbons (Fsp3) is 0.900. The summed E-state index contributed by atoms with van der Waals surface area (Å²) in [5.41, 5.74) is 0. The third-order valence-electron chi connectivity index (χ3n) is 2.10. The second kappa shape index (κ2) is 6.04. The van der Waals surface area contributed by atoms with Crippen molar-refractivity contribution in [2.75, 3.05) is 0 Å².